The molecular formula is C25H19FO2. The summed E-state index contributed by atoms with van der Waals surface area (Å²) < 4.78 is 13.8. The summed E-state index contributed by atoms with van der Waals surface area (Å²) in [5, 5.41) is 9.40. The van der Waals surface area contributed by atoms with Crippen LogP contribution in [0.25, 0.3) is 28.3 Å². The monoisotopic (exact) mass is 370 g/mol. The number of hydrogen-bond acceptors (Lipinski definition) is 1. The first kappa shape index (κ1) is 17.9. The van der Waals surface area contributed by atoms with Gasteiger partial charge in [0.05, 0.1) is 5.92 Å². The lowest BCUT2D eigenvalue weighted by molar-refractivity contribution is -0.139. The fraction of sp³-hybridized carbons (Fsp3) is 0.0800. The van der Waals surface area contributed by atoms with Gasteiger partial charge in [0, 0.05) is 0 Å². The Bertz CT molecular complexity index is 1090. The topological polar surface area (TPSA) is 37.3 Å². The molecule has 1 aliphatic rings. The van der Waals surface area contributed by atoms with Crippen LogP contribution in [0.4, 0.5) is 4.39 Å². The van der Waals surface area contributed by atoms with Crippen molar-refractivity contribution >= 4 is 23.2 Å². The maximum atomic E-state index is 13.8. The number of carboxylic acids is 1. The molecule has 4 rings (SSSR count). The van der Waals surface area contributed by atoms with Gasteiger partial charge in [0.15, 0.2) is 0 Å². The van der Waals surface area contributed by atoms with E-state index in [0.717, 1.165) is 27.8 Å². The van der Waals surface area contributed by atoms with Gasteiger partial charge < -0.3 is 5.11 Å². The Morgan fingerprint density at radius 1 is 0.929 bits per heavy atom. The summed E-state index contributed by atoms with van der Waals surface area (Å²) in [4.78, 5) is 11.5. The van der Waals surface area contributed by atoms with Gasteiger partial charge in [0.2, 0.25) is 0 Å². The highest BCUT2D eigenvalue weighted by atomic mass is 19.1. The summed E-state index contributed by atoms with van der Waals surface area (Å²) in [6.07, 6.45) is 3.86. The summed E-state index contributed by atoms with van der Waals surface area (Å²) in [5.41, 5.74) is 6.33. The lowest BCUT2D eigenvalue weighted by Crippen LogP contribution is -2.10. The van der Waals surface area contributed by atoms with E-state index in [0.29, 0.717) is 11.1 Å². The molecule has 0 spiro atoms. The van der Waals surface area contributed by atoms with Crippen LogP contribution in [0.1, 0.15) is 23.6 Å². The van der Waals surface area contributed by atoms with Crippen LogP contribution >= 0.6 is 0 Å². The van der Waals surface area contributed by atoms with Crippen LogP contribution < -0.4 is 0 Å². The number of benzene rings is 3. The van der Waals surface area contributed by atoms with Crippen molar-refractivity contribution in [1.29, 1.82) is 0 Å². The molecule has 0 heterocycles. The Kier molecular flexibility index (Phi) is 4.66. The highest BCUT2D eigenvalue weighted by Crippen LogP contribution is 2.40. The van der Waals surface area contributed by atoms with Crippen molar-refractivity contribution in [2.45, 2.75) is 6.92 Å². The average Bonchev–Trinajstić information content (AvgIpc) is 3.06. The van der Waals surface area contributed by atoms with Gasteiger partial charge in [-0.2, -0.15) is 0 Å². The number of rotatable bonds is 4. The first-order chi connectivity index (χ1) is 13.5. The maximum Gasteiger partial charge on any atom is 0.310 e. The Morgan fingerprint density at radius 2 is 1.61 bits per heavy atom. The van der Waals surface area contributed by atoms with E-state index in [9.17, 15) is 14.3 Å². The molecule has 1 N–H and O–H groups in total. The molecule has 3 aromatic rings. The van der Waals surface area contributed by atoms with Crippen molar-refractivity contribution in [1.82, 2.24) is 0 Å². The second kappa shape index (κ2) is 7.28. The van der Waals surface area contributed by atoms with Crippen molar-refractivity contribution < 1.29 is 14.3 Å². The van der Waals surface area contributed by atoms with Crippen molar-refractivity contribution in [3.05, 3.63) is 101 Å². The third-order valence-electron chi connectivity index (χ3n) is 5.09. The van der Waals surface area contributed by atoms with Gasteiger partial charge in [0.1, 0.15) is 5.82 Å². The Balaban J connectivity index is 1.72. The van der Waals surface area contributed by atoms with Crippen LogP contribution in [0.3, 0.4) is 0 Å². The lowest BCUT2D eigenvalue weighted by atomic mass is 9.95. The number of fused-ring (bicyclic) bond motifs is 1. The molecule has 138 valence electrons. The van der Waals surface area contributed by atoms with Crippen LogP contribution in [0.15, 0.2) is 78.9 Å². The van der Waals surface area contributed by atoms with Crippen LogP contribution in [0.5, 0.6) is 0 Å². The predicted molar refractivity (Wildman–Crippen MR) is 111 cm³/mol. The second-order valence-electron chi connectivity index (χ2n) is 6.94. The SMILES string of the molecule is CC(C(=O)O)C1=C/C(=C\c2ccc(-c3ccccc3)cc2)c2ccc(F)cc21. The smallest absolute Gasteiger partial charge is 0.310 e. The lowest BCUT2D eigenvalue weighted by Gasteiger charge is -2.09. The van der Waals surface area contributed by atoms with Crippen LogP contribution in [-0.4, -0.2) is 11.1 Å². The molecule has 1 unspecified atom stereocenters. The van der Waals surface area contributed by atoms with Crippen LogP contribution in [0, 0.1) is 11.7 Å². The number of carboxylic acid groups (broad SMARTS) is 1. The zero-order valence-electron chi connectivity index (χ0n) is 15.4. The van der Waals surface area contributed by atoms with Gasteiger partial charge in [-0.15, -0.1) is 0 Å². The third kappa shape index (κ3) is 3.39. The van der Waals surface area contributed by atoms with Gasteiger partial charge in [-0.05, 0) is 70.2 Å². The quantitative estimate of drug-likeness (QED) is 0.598. The Morgan fingerprint density at radius 3 is 2.29 bits per heavy atom. The number of hydrogen-bond donors (Lipinski definition) is 1. The molecule has 0 fully saturated rings. The standard InChI is InChI=1S/C25H19FO2/c1-16(25(27)28)23-14-20(22-12-11-21(26)15-24(22)23)13-17-7-9-19(10-8-17)18-5-3-2-4-6-18/h2-16H,1H3,(H,27,28)/b20-13+. The molecule has 0 amide bonds. The van der Waals surface area contributed by atoms with E-state index in [1.165, 1.54) is 12.1 Å². The maximum absolute atomic E-state index is 13.8. The van der Waals surface area contributed by atoms with E-state index >= 15 is 0 Å². The summed E-state index contributed by atoms with van der Waals surface area (Å²) in [6, 6.07) is 22.9. The third-order valence-corrected chi connectivity index (χ3v) is 5.09. The van der Waals surface area contributed by atoms with Gasteiger partial charge in [-0.25, -0.2) is 4.39 Å². The zero-order chi connectivity index (χ0) is 19.7. The highest BCUT2D eigenvalue weighted by molar-refractivity contribution is 6.05. The molecule has 2 nitrogen and oxygen atoms in total. The second-order valence-corrected chi connectivity index (χ2v) is 6.94. The molecule has 0 aromatic heterocycles. The van der Waals surface area contributed by atoms with E-state index in [2.05, 4.69) is 24.3 Å². The molecule has 0 bridgehead atoms. The molecule has 0 radical (unpaired) electrons. The van der Waals surface area contributed by atoms with Crippen molar-refractivity contribution in [3.63, 3.8) is 0 Å². The number of aliphatic carboxylic acids is 1. The van der Waals surface area contributed by atoms with Crippen molar-refractivity contribution in [2.75, 3.05) is 0 Å². The molecule has 28 heavy (non-hydrogen) atoms. The minimum Gasteiger partial charge on any atom is -0.481 e. The molecule has 3 aromatic carbocycles. The predicted octanol–water partition coefficient (Wildman–Crippen LogP) is 6.15. The van der Waals surface area contributed by atoms with Gasteiger partial charge in [-0.1, -0.05) is 60.7 Å². The van der Waals surface area contributed by atoms with E-state index in [4.69, 9.17) is 0 Å². The summed E-state index contributed by atoms with van der Waals surface area (Å²) in [5.74, 6) is -1.99. The molecule has 0 aliphatic heterocycles. The molecule has 3 heteroatoms. The van der Waals surface area contributed by atoms with E-state index in [-0.39, 0.29) is 5.82 Å². The first-order valence-electron chi connectivity index (χ1n) is 9.15. The highest BCUT2D eigenvalue weighted by Gasteiger charge is 2.26. The average molecular weight is 370 g/mol. The zero-order valence-corrected chi connectivity index (χ0v) is 15.4. The summed E-state index contributed by atoms with van der Waals surface area (Å²) >= 11 is 0. The molecule has 0 saturated heterocycles. The summed E-state index contributed by atoms with van der Waals surface area (Å²) in [6.45, 7) is 1.63. The number of halogens is 1. The van der Waals surface area contributed by atoms with Crippen LogP contribution in [-0.2, 0) is 4.79 Å². The Hall–Kier alpha value is -3.46. The number of allylic oxidation sites excluding steroid dienone is 2. The van der Waals surface area contributed by atoms with Gasteiger partial charge in [0.25, 0.3) is 0 Å². The van der Waals surface area contributed by atoms with Gasteiger partial charge in [-0.3, -0.25) is 4.79 Å². The van der Waals surface area contributed by atoms with Crippen LogP contribution in [0.2, 0.25) is 0 Å². The molecule has 0 saturated carbocycles. The van der Waals surface area contributed by atoms with E-state index in [1.807, 2.05) is 42.5 Å². The minimum atomic E-state index is -0.921. The minimum absolute atomic E-state index is 0.365. The largest absolute Gasteiger partial charge is 0.481 e. The first-order valence-corrected chi connectivity index (χ1v) is 9.15. The fourth-order valence-corrected chi connectivity index (χ4v) is 3.52. The van der Waals surface area contributed by atoms with E-state index in [1.54, 1.807) is 13.0 Å². The summed E-state index contributed by atoms with van der Waals surface area (Å²) in [7, 11) is 0. The molecular weight excluding hydrogens is 351 g/mol. The van der Waals surface area contributed by atoms with Gasteiger partial charge >= 0.3 is 5.97 Å². The number of carbonyl (C=O) groups is 1. The fourth-order valence-electron chi connectivity index (χ4n) is 3.52. The van der Waals surface area contributed by atoms with Crippen molar-refractivity contribution in [2.24, 2.45) is 5.92 Å². The normalized spacial score (nSPS) is 15.2. The molecule has 1 atom stereocenters. The van der Waals surface area contributed by atoms with Crippen molar-refractivity contribution in [3.8, 4) is 11.1 Å². The van der Waals surface area contributed by atoms with E-state index < -0.39 is 11.9 Å². The molecule has 1 aliphatic carbocycles. The Labute approximate surface area is 163 Å².